The number of nitrogens with one attached hydrogen (secondary N) is 4. The lowest BCUT2D eigenvalue weighted by Gasteiger charge is -2.32. The fourth-order valence-corrected chi connectivity index (χ4v) is 7.01. The quantitative estimate of drug-likeness (QED) is 0.176. The number of rotatable bonds is 10. The number of carbonyl (C=O) groups is 4. The number of halogens is 1. The van der Waals surface area contributed by atoms with E-state index in [4.69, 9.17) is 21.3 Å². The molecular weight excluding hydrogens is 690 g/mol. The lowest BCUT2D eigenvalue weighted by Crippen LogP contribution is -2.52. The molecule has 0 aliphatic carbocycles. The third kappa shape index (κ3) is 7.14. The van der Waals surface area contributed by atoms with Gasteiger partial charge in [0.15, 0.2) is 18.2 Å². The van der Waals surface area contributed by atoms with Gasteiger partial charge in [-0.15, -0.1) is 0 Å². The summed E-state index contributed by atoms with van der Waals surface area (Å²) in [7, 11) is 3.14. The topological polar surface area (TPSA) is 180 Å². The predicted molar refractivity (Wildman–Crippen MR) is 194 cm³/mol. The number of nitrogens with zero attached hydrogens (tertiary/aromatic N) is 5. The van der Waals surface area contributed by atoms with Crippen molar-refractivity contribution in [1.29, 1.82) is 0 Å². The van der Waals surface area contributed by atoms with Crippen molar-refractivity contribution in [3.05, 3.63) is 80.7 Å². The zero-order valence-corrected chi connectivity index (χ0v) is 29.5. The summed E-state index contributed by atoms with van der Waals surface area (Å²) in [5, 5.41) is 12.8. The SMILES string of the molecule is CNC(=O)COc1cc2cc(Nc3nc(N4CCC(NCc5ccc6c(c5)CN(C5CCC(=O)NC5=O)C6=O)CC4)ncc3Cl)ccc2n(C)c1=O. The van der Waals surface area contributed by atoms with Gasteiger partial charge < -0.3 is 35.1 Å². The minimum atomic E-state index is -0.630. The highest BCUT2D eigenvalue weighted by molar-refractivity contribution is 6.33. The average Bonchev–Trinajstić information content (AvgIpc) is 3.47. The Morgan fingerprint density at radius 3 is 2.63 bits per heavy atom. The molecule has 52 heavy (non-hydrogen) atoms. The molecule has 7 rings (SSSR count). The zero-order chi connectivity index (χ0) is 36.5. The van der Waals surface area contributed by atoms with E-state index in [1.165, 1.54) is 11.6 Å². The van der Waals surface area contributed by atoms with E-state index in [9.17, 15) is 24.0 Å². The van der Waals surface area contributed by atoms with Crippen LogP contribution in [0.25, 0.3) is 10.9 Å². The van der Waals surface area contributed by atoms with Crippen molar-refractivity contribution in [2.75, 3.05) is 37.0 Å². The predicted octanol–water partition coefficient (Wildman–Crippen LogP) is 2.37. The second-order valence-corrected chi connectivity index (χ2v) is 13.5. The van der Waals surface area contributed by atoms with Gasteiger partial charge in [0.05, 0.1) is 11.7 Å². The Balaban J connectivity index is 0.952. The molecule has 2 aromatic heterocycles. The molecule has 1 atom stereocenters. The fourth-order valence-electron chi connectivity index (χ4n) is 6.87. The first-order valence-electron chi connectivity index (χ1n) is 17.1. The number of benzene rings is 2. The van der Waals surface area contributed by atoms with E-state index in [2.05, 4.69) is 31.2 Å². The van der Waals surface area contributed by atoms with E-state index >= 15 is 0 Å². The number of fused-ring (bicyclic) bond motifs is 2. The maximum absolute atomic E-state index is 13.0. The molecule has 3 aliphatic heterocycles. The number of likely N-dealkylation sites (N-methyl/N-ethyl adjacent to an activating group) is 1. The van der Waals surface area contributed by atoms with Crippen molar-refractivity contribution in [2.45, 2.75) is 50.9 Å². The highest BCUT2D eigenvalue weighted by Gasteiger charge is 2.39. The van der Waals surface area contributed by atoms with Crippen LogP contribution in [0, 0.1) is 0 Å². The van der Waals surface area contributed by atoms with Gasteiger partial charge in [0.25, 0.3) is 17.4 Å². The number of hydrogen-bond donors (Lipinski definition) is 4. The van der Waals surface area contributed by atoms with Crippen LogP contribution in [0.4, 0.5) is 17.5 Å². The summed E-state index contributed by atoms with van der Waals surface area (Å²) >= 11 is 6.51. The number of aromatic nitrogens is 3. The van der Waals surface area contributed by atoms with Crippen LogP contribution in [0.2, 0.25) is 5.02 Å². The molecule has 270 valence electrons. The largest absolute Gasteiger partial charge is 0.478 e. The number of hydrogen-bond acceptors (Lipinski definition) is 11. The smallest absolute Gasteiger partial charge is 0.293 e. The molecule has 0 saturated carbocycles. The molecule has 0 radical (unpaired) electrons. The second-order valence-electron chi connectivity index (χ2n) is 13.1. The molecule has 2 aromatic carbocycles. The van der Waals surface area contributed by atoms with Crippen molar-refractivity contribution in [3.63, 3.8) is 0 Å². The first kappa shape index (κ1) is 34.9. The Morgan fingerprint density at radius 2 is 1.87 bits per heavy atom. The van der Waals surface area contributed by atoms with Crippen LogP contribution >= 0.6 is 11.6 Å². The average molecular weight is 728 g/mol. The lowest BCUT2D eigenvalue weighted by molar-refractivity contribution is -0.137. The molecule has 4 amide bonds. The van der Waals surface area contributed by atoms with E-state index in [1.807, 2.05) is 36.4 Å². The zero-order valence-electron chi connectivity index (χ0n) is 28.7. The van der Waals surface area contributed by atoms with E-state index in [-0.39, 0.29) is 48.1 Å². The Kier molecular flexibility index (Phi) is 9.79. The van der Waals surface area contributed by atoms with Gasteiger partial charge in [-0.1, -0.05) is 23.7 Å². The molecule has 1 unspecified atom stereocenters. The molecule has 2 saturated heterocycles. The summed E-state index contributed by atoms with van der Waals surface area (Å²) < 4.78 is 6.95. The van der Waals surface area contributed by atoms with Gasteiger partial charge in [-0.05, 0) is 60.7 Å². The van der Waals surface area contributed by atoms with Crippen molar-refractivity contribution in [1.82, 2.24) is 35.4 Å². The molecular formula is C36H38ClN9O6. The summed E-state index contributed by atoms with van der Waals surface area (Å²) in [6.45, 7) is 2.19. The summed E-state index contributed by atoms with van der Waals surface area (Å²) in [4.78, 5) is 74.3. The van der Waals surface area contributed by atoms with Gasteiger partial charge >= 0.3 is 0 Å². The Bertz CT molecular complexity index is 2150. The highest BCUT2D eigenvalue weighted by atomic mass is 35.5. The number of amides is 4. The van der Waals surface area contributed by atoms with Gasteiger partial charge in [0.1, 0.15) is 11.1 Å². The number of carbonyl (C=O) groups excluding carboxylic acids is 4. The normalized spacial score (nSPS) is 17.7. The van der Waals surface area contributed by atoms with Crippen LogP contribution in [0.3, 0.4) is 0 Å². The molecule has 5 heterocycles. The lowest BCUT2D eigenvalue weighted by atomic mass is 10.0. The first-order valence-corrected chi connectivity index (χ1v) is 17.5. The van der Waals surface area contributed by atoms with Crippen LogP contribution in [0.5, 0.6) is 5.75 Å². The van der Waals surface area contributed by atoms with Crippen LogP contribution in [-0.4, -0.2) is 81.9 Å². The van der Waals surface area contributed by atoms with Crippen LogP contribution < -0.4 is 36.5 Å². The summed E-state index contributed by atoms with van der Waals surface area (Å²) in [5.41, 5.74) is 3.58. The summed E-state index contributed by atoms with van der Waals surface area (Å²) in [6, 6.07) is 12.5. The van der Waals surface area contributed by atoms with Gasteiger partial charge in [0.2, 0.25) is 17.8 Å². The van der Waals surface area contributed by atoms with Gasteiger partial charge in [-0.2, -0.15) is 4.98 Å². The van der Waals surface area contributed by atoms with Gasteiger partial charge in [0, 0.05) is 69.4 Å². The number of anilines is 3. The van der Waals surface area contributed by atoms with Crippen LogP contribution in [-0.2, 0) is 34.5 Å². The van der Waals surface area contributed by atoms with E-state index in [0.29, 0.717) is 53.1 Å². The highest BCUT2D eigenvalue weighted by Crippen LogP contribution is 2.30. The Labute approximate surface area is 303 Å². The molecule has 0 spiro atoms. The summed E-state index contributed by atoms with van der Waals surface area (Å²) in [5.74, 6) is -0.166. The Hall–Kier alpha value is -5.54. The monoisotopic (exact) mass is 727 g/mol. The third-order valence-corrected chi connectivity index (χ3v) is 10.1. The minimum Gasteiger partial charge on any atom is -0.478 e. The molecule has 15 nitrogen and oxygen atoms in total. The second kappa shape index (κ2) is 14.6. The molecule has 3 aliphatic rings. The van der Waals surface area contributed by atoms with Crippen molar-refractivity contribution in [3.8, 4) is 5.75 Å². The molecule has 4 N–H and O–H groups in total. The van der Waals surface area contributed by atoms with Crippen LogP contribution in [0.1, 0.15) is 47.2 Å². The number of pyridine rings is 1. The van der Waals surface area contributed by atoms with E-state index in [0.717, 1.165) is 42.4 Å². The molecule has 16 heteroatoms. The number of ether oxygens (including phenoxy) is 1. The fraction of sp³-hybridized carbons (Fsp3) is 0.361. The standard InChI is InChI=1S/C36H38ClN9O6/c1-38-31(48)19-52-29-15-21-14-24(4-6-27(21)44(2)35(29)51)41-32-26(37)17-40-36(43-32)45-11-9-23(10-12-45)39-16-20-3-5-25-22(13-20)18-46(34(25)50)28-7-8-30(47)42-33(28)49/h3-6,13-15,17,23,28,39H,7-12,16,18-19H2,1-2H3,(H,38,48)(H,40,41,43)(H,42,47,49). The van der Waals surface area contributed by atoms with E-state index in [1.54, 1.807) is 24.2 Å². The Morgan fingerprint density at radius 1 is 1.06 bits per heavy atom. The van der Waals surface area contributed by atoms with Crippen molar-refractivity contribution in [2.24, 2.45) is 7.05 Å². The van der Waals surface area contributed by atoms with Crippen molar-refractivity contribution >= 4 is 63.6 Å². The minimum absolute atomic E-state index is 0.0677. The van der Waals surface area contributed by atoms with Gasteiger partial charge in [-0.25, -0.2) is 4.98 Å². The number of imide groups is 1. The molecule has 2 fully saturated rings. The summed E-state index contributed by atoms with van der Waals surface area (Å²) in [6.07, 6.45) is 3.88. The molecule has 4 aromatic rings. The van der Waals surface area contributed by atoms with Gasteiger partial charge in [-0.3, -0.25) is 29.3 Å². The number of aryl methyl sites for hydroxylation is 1. The van der Waals surface area contributed by atoms with Crippen molar-refractivity contribution < 1.29 is 23.9 Å². The van der Waals surface area contributed by atoms with Crippen LogP contribution in [0.15, 0.2) is 53.5 Å². The maximum atomic E-state index is 13.0. The van der Waals surface area contributed by atoms with E-state index < -0.39 is 11.9 Å². The third-order valence-electron chi connectivity index (χ3n) is 9.78. The number of piperidine rings is 2. The molecule has 0 bridgehead atoms. The first-order chi connectivity index (χ1) is 25.1. The maximum Gasteiger partial charge on any atom is 0.293 e.